The van der Waals surface area contributed by atoms with Gasteiger partial charge < -0.3 is 20.9 Å². The number of carbonyl (C=O) groups is 2. The fourth-order valence-electron chi connectivity index (χ4n) is 5.07. The highest BCUT2D eigenvalue weighted by Crippen LogP contribution is 2.39. The Balaban J connectivity index is 1.49. The van der Waals surface area contributed by atoms with Crippen LogP contribution in [0.2, 0.25) is 0 Å². The molecule has 0 spiro atoms. The minimum atomic E-state index is -4.50. The number of anilines is 2. The van der Waals surface area contributed by atoms with E-state index in [0.29, 0.717) is 17.6 Å². The Morgan fingerprint density at radius 2 is 1.79 bits per heavy atom. The number of rotatable bonds is 3. The van der Waals surface area contributed by atoms with Gasteiger partial charge in [0.05, 0.1) is 11.5 Å². The fraction of sp³-hybridized carbons (Fsp3) is 0.440. The third-order valence-electron chi connectivity index (χ3n) is 6.91. The van der Waals surface area contributed by atoms with Gasteiger partial charge in [-0.2, -0.15) is 13.2 Å². The van der Waals surface area contributed by atoms with E-state index in [-0.39, 0.29) is 23.6 Å². The van der Waals surface area contributed by atoms with Crippen molar-refractivity contribution in [2.45, 2.75) is 50.9 Å². The van der Waals surface area contributed by atoms with Crippen molar-refractivity contribution in [1.82, 2.24) is 10.2 Å². The summed E-state index contributed by atoms with van der Waals surface area (Å²) in [7, 11) is 1.87. The number of nitrogens with one attached hydrogen (secondary N) is 3. The lowest BCUT2D eigenvalue weighted by Crippen LogP contribution is -2.57. The zero-order chi connectivity index (χ0) is 24.6. The number of hydrogen-bond acceptors (Lipinski definition) is 3. The second-order valence-electron chi connectivity index (χ2n) is 9.34. The van der Waals surface area contributed by atoms with Crippen LogP contribution < -0.4 is 16.0 Å². The second-order valence-corrected chi connectivity index (χ2v) is 9.34. The number of halogens is 3. The fourth-order valence-corrected chi connectivity index (χ4v) is 5.07. The van der Waals surface area contributed by atoms with E-state index in [1.165, 1.54) is 12.1 Å². The molecule has 2 aromatic carbocycles. The Morgan fingerprint density at radius 1 is 1.09 bits per heavy atom. The molecule has 3 amide bonds. The molecule has 2 saturated heterocycles. The summed E-state index contributed by atoms with van der Waals surface area (Å²) in [6.07, 6.45) is -2.84. The van der Waals surface area contributed by atoms with Gasteiger partial charge in [0.25, 0.3) is 0 Å². The molecule has 4 rings (SSSR count). The van der Waals surface area contributed by atoms with Gasteiger partial charge in [0.2, 0.25) is 5.91 Å². The Kier molecular flexibility index (Phi) is 6.58. The Bertz CT molecular complexity index is 1090. The number of alkyl halides is 3. The normalized spacial score (nSPS) is 25.0. The molecule has 4 atom stereocenters. The van der Waals surface area contributed by atoms with E-state index in [9.17, 15) is 22.8 Å². The summed E-state index contributed by atoms with van der Waals surface area (Å²) in [5.41, 5.74) is 1.47. The third-order valence-corrected chi connectivity index (χ3v) is 6.91. The molecule has 0 aromatic heterocycles. The smallest absolute Gasteiger partial charge is 0.342 e. The van der Waals surface area contributed by atoms with E-state index in [2.05, 4.69) is 22.9 Å². The average Bonchev–Trinajstić information content (AvgIpc) is 2.77. The Morgan fingerprint density at radius 3 is 2.50 bits per heavy atom. The lowest BCUT2D eigenvalue weighted by molar-refractivity contribution is -0.140. The van der Waals surface area contributed by atoms with Crippen LogP contribution in [0, 0.1) is 12.8 Å². The van der Waals surface area contributed by atoms with Crippen LogP contribution in [0.25, 0.3) is 0 Å². The SMILES string of the molecule is Cc1ccc(NC(=O)Nc2cccc(C(F)(F)F)c2)cc1C1CC2CNC(C)CC2N(C)C1=O. The van der Waals surface area contributed by atoms with Crippen molar-refractivity contribution in [2.75, 3.05) is 24.2 Å². The van der Waals surface area contributed by atoms with Crippen LogP contribution in [0.1, 0.15) is 42.4 Å². The van der Waals surface area contributed by atoms with Crippen molar-refractivity contribution in [3.63, 3.8) is 0 Å². The van der Waals surface area contributed by atoms with Gasteiger partial charge in [-0.15, -0.1) is 0 Å². The number of nitrogens with zero attached hydrogens (tertiary/aromatic N) is 1. The largest absolute Gasteiger partial charge is 0.416 e. The highest BCUT2D eigenvalue weighted by Gasteiger charge is 2.43. The number of urea groups is 1. The quantitative estimate of drug-likeness (QED) is 0.588. The van der Waals surface area contributed by atoms with Crippen LogP contribution in [0.15, 0.2) is 42.5 Å². The summed E-state index contributed by atoms with van der Waals surface area (Å²) < 4.78 is 38.8. The Labute approximate surface area is 196 Å². The third kappa shape index (κ3) is 5.04. The first-order valence-corrected chi connectivity index (χ1v) is 11.4. The van der Waals surface area contributed by atoms with Gasteiger partial charge in [-0.25, -0.2) is 4.79 Å². The summed E-state index contributed by atoms with van der Waals surface area (Å²) >= 11 is 0. The van der Waals surface area contributed by atoms with Crippen molar-refractivity contribution in [2.24, 2.45) is 5.92 Å². The summed E-state index contributed by atoms with van der Waals surface area (Å²) in [4.78, 5) is 27.6. The molecule has 2 heterocycles. The minimum Gasteiger partial charge on any atom is -0.342 e. The Hall–Kier alpha value is -3.07. The molecule has 0 saturated carbocycles. The number of piperidine rings is 2. The predicted molar refractivity (Wildman–Crippen MR) is 125 cm³/mol. The van der Waals surface area contributed by atoms with Crippen LogP contribution in [0.5, 0.6) is 0 Å². The molecule has 2 aromatic rings. The van der Waals surface area contributed by atoms with Crippen molar-refractivity contribution in [3.05, 3.63) is 59.2 Å². The first kappa shape index (κ1) is 24.1. The monoisotopic (exact) mass is 474 g/mol. The highest BCUT2D eigenvalue weighted by atomic mass is 19.4. The molecule has 2 fully saturated rings. The van der Waals surface area contributed by atoms with E-state index >= 15 is 0 Å². The van der Waals surface area contributed by atoms with Gasteiger partial charge in [-0.1, -0.05) is 12.1 Å². The van der Waals surface area contributed by atoms with Crippen molar-refractivity contribution in [3.8, 4) is 0 Å². The average molecular weight is 475 g/mol. The van der Waals surface area contributed by atoms with Crippen LogP contribution >= 0.6 is 0 Å². The standard InChI is InChI=1S/C25H29F3N4O2/c1-14-7-8-19(31-24(34)30-18-6-4-5-17(11-18)25(26,27)28)12-20(14)21-10-16-13-29-15(2)9-22(16)32(3)23(21)33/h4-8,11-12,15-16,21-22,29H,9-10,13H2,1-3H3,(H2,30,31,34). The molecule has 2 aliphatic heterocycles. The highest BCUT2D eigenvalue weighted by molar-refractivity contribution is 6.00. The number of benzene rings is 2. The molecule has 34 heavy (non-hydrogen) atoms. The first-order chi connectivity index (χ1) is 16.0. The molecule has 4 unspecified atom stereocenters. The van der Waals surface area contributed by atoms with Gasteiger partial charge in [0.1, 0.15) is 0 Å². The zero-order valence-corrected chi connectivity index (χ0v) is 19.4. The molecule has 0 aliphatic carbocycles. The number of hydrogen-bond donors (Lipinski definition) is 3. The van der Waals surface area contributed by atoms with Crippen molar-refractivity contribution >= 4 is 23.3 Å². The molecular formula is C25H29F3N4O2. The van der Waals surface area contributed by atoms with E-state index in [4.69, 9.17) is 0 Å². The van der Waals surface area contributed by atoms with Crippen molar-refractivity contribution in [1.29, 1.82) is 0 Å². The molecule has 3 N–H and O–H groups in total. The van der Waals surface area contributed by atoms with Gasteiger partial charge in [0.15, 0.2) is 0 Å². The molecule has 9 heteroatoms. The van der Waals surface area contributed by atoms with Crippen molar-refractivity contribution < 1.29 is 22.8 Å². The molecule has 0 bridgehead atoms. The van der Waals surface area contributed by atoms with Crippen LogP contribution in [-0.2, 0) is 11.0 Å². The van der Waals surface area contributed by atoms with Gasteiger partial charge in [0, 0.05) is 37.1 Å². The maximum atomic E-state index is 13.2. The maximum Gasteiger partial charge on any atom is 0.416 e. The number of amides is 3. The van der Waals surface area contributed by atoms with E-state index < -0.39 is 17.8 Å². The first-order valence-electron chi connectivity index (χ1n) is 11.4. The van der Waals surface area contributed by atoms with E-state index in [1.807, 2.05) is 24.9 Å². The summed E-state index contributed by atoms with van der Waals surface area (Å²) in [5.74, 6) is 0.114. The molecule has 2 aliphatic rings. The van der Waals surface area contributed by atoms with Gasteiger partial charge in [-0.05, 0) is 74.1 Å². The number of fused-ring (bicyclic) bond motifs is 1. The number of carbonyl (C=O) groups excluding carboxylic acids is 2. The van der Waals surface area contributed by atoms with Gasteiger partial charge in [-0.3, -0.25) is 4.79 Å². The van der Waals surface area contributed by atoms with E-state index in [1.54, 1.807) is 12.1 Å². The predicted octanol–water partition coefficient (Wildman–Crippen LogP) is 4.97. The van der Waals surface area contributed by atoms with Gasteiger partial charge >= 0.3 is 12.2 Å². The second kappa shape index (κ2) is 9.29. The molecule has 182 valence electrons. The number of aryl methyl sites for hydroxylation is 1. The van der Waals surface area contributed by atoms with E-state index in [0.717, 1.165) is 42.6 Å². The summed E-state index contributed by atoms with van der Waals surface area (Å²) in [6, 6.07) is 9.74. The number of likely N-dealkylation sites (tertiary alicyclic amines) is 1. The lowest BCUT2D eigenvalue weighted by Gasteiger charge is -2.47. The summed E-state index contributed by atoms with van der Waals surface area (Å²) in [6.45, 7) is 4.92. The number of likely N-dealkylation sites (N-methyl/N-ethyl adjacent to an activating group) is 1. The summed E-state index contributed by atoms with van der Waals surface area (Å²) in [5, 5.41) is 8.62. The van der Waals surface area contributed by atoms with Crippen LogP contribution in [0.3, 0.4) is 0 Å². The molecule has 6 nitrogen and oxygen atoms in total. The van der Waals surface area contributed by atoms with Crippen LogP contribution in [0.4, 0.5) is 29.3 Å². The minimum absolute atomic E-state index is 0.0359. The topological polar surface area (TPSA) is 73.5 Å². The maximum absolute atomic E-state index is 13.2. The lowest BCUT2D eigenvalue weighted by atomic mass is 9.75. The zero-order valence-electron chi connectivity index (χ0n) is 19.4. The molecule has 0 radical (unpaired) electrons. The molecular weight excluding hydrogens is 445 g/mol. The van der Waals surface area contributed by atoms with Crippen LogP contribution in [-0.4, -0.2) is 42.5 Å².